The third-order valence-electron chi connectivity index (χ3n) is 4.97. The van der Waals surface area contributed by atoms with Gasteiger partial charge in [-0.1, -0.05) is 53.3 Å². The quantitative estimate of drug-likeness (QED) is 0.380. The van der Waals surface area contributed by atoms with Crippen LogP contribution in [0.5, 0.6) is 17.2 Å². The maximum atomic E-state index is 12.6. The molecular weight excluding hydrogens is 446 g/mol. The summed E-state index contributed by atoms with van der Waals surface area (Å²) in [6, 6.07) is 20.2. The molecule has 0 spiro atoms. The van der Waals surface area contributed by atoms with Crippen LogP contribution < -0.4 is 14.8 Å². The van der Waals surface area contributed by atoms with E-state index in [4.69, 9.17) is 21.1 Å². The molecule has 5 rings (SSSR count). The minimum Gasteiger partial charge on any atom is -0.493 e. The molecule has 3 aromatic carbocycles. The van der Waals surface area contributed by atoms with Crippen LogP contribution in [-0.2, 0) is 6.42 Å². The molecule has 160 valence electrons. The van der Waals surface area contributed by atoms with Crippen LogP contribution in [0.2, 0.25) is 5.02 Å². The van der Waals surface area contributed by atoms with Gasteiger partial charge in [0.25, 0.3) is 5.91 Å². The van der Waals surface area contributed by atoms with E-state index < -0.39 is 0 Å². The van der Waals surface area contributed by atoms with E-state index >= 15 is 0 Å². The first kappa shape index (κ1) is 20.5. The van der Waals surface area contributed by atoms with Crippen LogP contribution in [0, 0.1) is 0 Å². The second kappa shape index (κ2) is 8.98. The molecule has 4 aromatic rings. The number of aromatic nitrogens is 2. The summed E-state index contributed by atoms with van der Waals surface area (Å²) in [5, 5.41) is 12.7. The standard InChI is InChI=1S/C24H18ClN3O3S/c25-19-13-17-7-4-12-30-20(17)14-21(19)31-18-10-8-15(9-11-18)22(29)26-24-28-27-23(32-24)16-5-2-1-3-6-16/h1-3,5-6,8-11,13-14H,4,7,12H2,(H,26,28,29). The lowest BCUT2D eigenvalue weighted by molar-refractivity contribution is 0.102. The summed E-state index contributed by atoms with van der Waals surface area (Å²) in [6.45, 7) is 0.694. The van der Waals surface area contributed by atoms with Gasteiger partial charge in [0, 0.05) is 17.2 Å². The second-order valence-corrected chi connectivity index (χ2v) is 8.59. The van der Waals surface area contributed by atoms with E-state index in [2.05, 4.69) is 15.5 Å². The van der Waals surface area contributed by atoms with Crippen molar-refractivity contribution in [3.8, 4) is 27.8 Å². The zero-order chi connectivity index (χ0) is 21.9. The summed E-state index contributed by atoms with van der Waals surface area (Å²) >= 11 is 7.69. The SMILES string of the molecule is O=C(Nc1nnc(-c2ccccc2)s1)c1ccc(Oc2cc3c(cc2Cl)CCCO3)cc1. The highest BCUT2D eigenvalue weighted by Gasteiger charge is 2.16. The Morgan fingerprint density at radius 3 is 2.69 bits per heavy atom. The first-order valence-electron chi connectivity index (χ1n) is 10.1. The van der Waals surface area contributed by atoms with Crippen LogP contribution in [0.25, 0.3) is 10.6 Å². The zero-order valence-electron chi connectivity index (χ0n) is 16.9. The number of carbonyl (C=O) groups excluding carboxylic acids is 1. The molecule has 32 heavy (non-hydrogen) atoms. The van der Waals surface area contributed by atoms with Gasteiger partial charge in [0.1, 0.15) is 22.3 Å². The number of halogens is 1. The number of hydrogen-bond acceptors (Lipinski definition) is 6. The maximum Gasteiger partial charge on any atom is 0.257 e. The highest BCUT2D eigenvalue weighted by molar-refractivity contribution is 7.18. The van der Waals surface area contributed by atoms with E-state index in [9.17, 15) is 4.79 Å². The number of hydrogen-bond donors (Lipinski definition) is 1. The van der Waals surface area contributed by atoms with Gasteiger partial charge in [-0.2, -0.15) is 0 Å². The summed E-state index contributed by atoms with van der Waals surface area (Å²) in [4.78, 5) is 12.6. The van der Waals surface area contributed by atoms with Crippen molar-refractivity contribution in [1.29, 1.82) is 0 Å². The molecule has 0 atom stereocenters. The Morgan fingerprint density at radius 2 is 1.88 bits per heavy atom. The molecule has 0 saturated carbocycles. The topological polar surface area (TPSA) is 73.3 Å². The molecule has 1 N–H and O–H groups in total. The molecule has 6 nitrogen and oxygen atoms in total. The molecule has 8 heteroatoms. The van der Waals surface area contributed by atoms with Gasteiger partial charge in [-0.15, -0.1) is 10.2 Å². The third kappa shape index (κ3) is 4.44. The predicted octanol–water partition coefficient (Wildman–Crippen LogP) is 6.23. The minimum atomic E-state index is -0.271. The summed E-state index contributed by atoms with van der Waals surface area (Å²) in [7, 11) is 0. The van der Waals surface area contributed by atoms with E-state index in [0.717, 1.165) is 34.7 Å². The number of aryl methyl sites for hydroxylation is 1. The lowest BCUT2D eigenvalue weighted by Crippen LogP contribution is -2.11. The number of rotatable bonds is 5. The average molecular weight is 464 g/mol. The molecule has 1 aliphatic rings. The van der Waals surface area contributed by atoms with Crippen LogP contribution >= 0.6 is 22.9 Å². The van der Waals surface area contributed by atoms with Crippen LogP contribution in [-0.4, -0.2) is 22.7 Å². The number of benzene rings is 3. The van der Waals surface area contributed by atoms with Gasteiger partial charge in [0.05, 0.1) is 11.6 Å². The van der Waals surface area contributed by atoms with E-state index in [1.165, 1.54) is 11.3 Å². The van der Waals surface area contributed by atoms with Gasteiger partial charge in [0.15, 0.2) is 0 Å². The molecule has 0 unspecified atom stereocenters. The fraction of sp³-hybridized carbons (Fsp3) is 0.125. The van der Waals surface area contributed by atoms with Gasteiger partial charge in [0.2, 0.25) is 5.13 Å². The van der Waals surface area contributed by atoms with Crippen LogP contribution in [0.1, 0.15) is 22.3 Å². The van der Waals surface area contributed by atoms with Crippen molar-refractivity contribution in [3.05, 3.63) is 82.9 Å². The Labute approximate surface area is 193 Å². The zero-order valence-corrected chi connectivity index (χ0v) is 18.4. The second-order valence-electron chi connectivity index (χ2n) is 7.20. The molecule has 0 fully saturated rings. The molecule has 1 amide bonds. The Kier molecular flexibility index (Phi) is 5.75. The number of fused-ring (bicyclic) bond motifs is 1. The Balaban J connectivity index is 1.26. The van der Waals surface area contributed by atoms with Crippen molar-refractivity contribution in [2.45, 2.75) is 12.8 Å². The van der Waals surface area contributed by atoms with E-state index in [1.807, 2.05) is 42.5 Å². The number of nitrogens with zero attached hydrogens (tertiary/aromatic N) is 2. The highest BCUT2D eigenvalue weighted by atomic mass is 35.5. The molecule has 1 aromatic heterocycles. The van der Waals surface area contributed by atoms with Crippen LogP contribution in [0.3, 0.4) is 0 Å². The largest absolute Gasteiger partial charge is 0.493 e. The number of ether oxygens (including phenoxy) is 2. The first-order chi connectivity index (χ1) is 15.7. The minimum absolute atomic E-state index is 0.271. The van der Waals surface area contributed by atoms with Gasteiger partial charge >= 0.3 is 0 Å². The summed E-state index contributed by atoms with van der Waals surface area (Å²) in [5.41, 5.74) is 2.53. The molecule has 0 saturated heterocycles. The van der Waals surface area contributed by atoms with Crippen molar-refractivity contribution in [2.75, 3.05) is 11.9 Å². The van der Waals surface area contributed by atoms with Crippen molar-refractivity contribution >= 4 is 34.0 Å². The lowest BCUT2D eigenvalue weighted by atomic mass is 10.1. The molecule has 0 aliphatic carbocycles. The van der Waals surface area contributed by atoms with E-state index in [0.29, 0.717) is 33.8 Å². The fourth-order valence-electron chi connectivity index (χ4n) is 3.37. The summed E-state index contributed by atoms with van der Waals surface area (Å²) < 4.78 is 11.6. The predicted molar refractivity (Wildman–Crippen MR) is 125 cm³/mol. The van der Waals surface area contributed by atoms with Gasteiger partial charge in [-0.05, 0) is 48.7 Å². The fourth-order valence-corrected chi connectivity index (χ4v) is 4.34. The first-order valence-corrected chi connectivity index (χ1v) is 11.3. The maximum absolute atomic E-state index is 12.6. The van der Waals surface area contributed by atoms with Crippen LogP contribution in [0.4, 0.5) is 5.13 Å². The highest BCUT2D eigenvalue weighted by Crippen LogP contribution is 2.37. The summed E-state index contributed by atoms with van der Waals surface area (Å²) in [6.07, 6.45) is 1.93. The molecule has 2 heterocycles. The monoisotopic (exact) mass is 463 g/mol. The average Bonchev–Trinajstić information content (AvgIpc) is 3.29. The normalized spacial score (nSPS) is 12.5. The smallest absolute Gasteiger partial charge is 0.257 e. The van der Waals surface area contributed by atoms with E-state index in [1.54, 1.807) is 24.3 Å². The molecular formula is C24H18ClN3O3S. The molecule has 0 radical (unpaired) electrons. The Morgan fingerprint density at radius 1 is 1.06 bits per heavy atom. The van der Waals surface area contributed by atoms with Crippen molar-refractivity contribution in [1.82, 2.24) is 10.2 Å². The van der Waals surface area contributed by atoms with Crippen LogP contribution in [0.15, 0.2) is 66.7 Å². The third-order valence-corrected chi connectivity index (χ3v) is 6.16. The van der Waals surface area contributed by atoms with Gasteiger partial charge in [-0.3, -0.25) is 10.1 Å². The van der Waals surface area contributed by atoms with Crippen molar-refractivity contribution in [3.63, 3.8) is 0 Å². The summed E-state index contributed by atoms with van der Waals surface area (Å²) in [5.74, 6) is 1.62. The van der Waals surface area contributed by atoms with Gasteiger partial charge in [-0.25, -0.2) is 0 Å². The number of carbonyl (C=O) groups is 1. The lowest BCUT2D eigenvalue weighted by Gasteiger charge is -2.19. The Bertz CT molecular complexity index is 1260. The van der Waals surface area contributed by atoms with Crippen molar-refractivity contribution < 1.29 is 14.3 Å². The van der Waals surface area contributed by atoms with E-state index in [-0.39, 0.29) is 5.91 Å². The van der Waals surface area contributed by atoms with Crippen molar-refractivity contribution in [2.24, 2.45) is 0 Å². The Hall–Kier alpha value is -3.42. The number of amides is 1. The molecule has 1 aliphatic heterocycles. The number of anilines is 1. The van der Waals surface area contributed by atoms with Gasteiger partial charge < -0.3 is 9.47 Å². The number of nitrogens with one attached hydrogen (secondary N) is 1. The molecule has 0 bridgehead atoms.